The second-order valence-corrected chi connectivity index (χ2v) is 8.52. The summed E-state index contributed by atoms with van der Waals surface area (Å²) >= 11 is 0. The maximum absolute atomic E-state index is 12.7. The summed E-state index contributed by atoms with van der Waals surface area (Å²) in [6.07, 6.45) is 1.67. The first-order valence-corrected chi connectivity index (χ1v) is 9.67. The van der Waals surface area contributed by atoms with Gasteiger partial charge in [0.25, 0.3) is 5.91 Å². The molecule has 1 amide bonds. The molecule has 0 aliphatic carbocycles. The summed E-state index contributed by atoms with van der Waals surface area (Å²) in [7, 11) is -0.582. The number of amides is 1. The molecule has 1 aromatic heterocycles. The van der Waals surface area contributed by atoms with E-state index in [4.69, 9.17) is 5.11 Å². The smallest absolute Gasteiger partial charge is 0.354 e. The molecule has 0 atom stereocenters. The van der Waals surface area contributed by atoms with Crippen molar-refractivity contribution in [2.24, 2.45) is 0 Å². The molecule has 2 heterocycles. The Morgan fingerprint density at radius 1 is 1.19 bits per heavy atom. The van der Waals surface area contributed by atoms with Crippen molar-refractivity contribution in [3.8, 4) is 0 Å². The van der Waals surface area contributed by atoms with Crippen LogP contribution >= 0.6 is 0 Å². The molecule has 0 radical (unpaired) electrons. The van der Waals surface area contributed by atoms with Crippen molar-refractivity contribution < 1.29 is 23.1 Å². The summed E-state index contributed by atoms with van der Waals surface area (Å²) in [6, 6.07) is 7.79. The van der Waals surface area contributed by atoms with Crippen LogP contribution < -0.4 is 0 Å². The van der Waals surface area contributed by atoms with Crippen LogP contribution in [0, 0.1) is 0 Å². The molecule has 2 aromatic rings. The van der Waals surface area contributed by atoms with Crippen LogP contribution in [-0.4, -0.2) is 60.2 Å². The molecule has 0 spiro atoms. The van der Waals surface area contributed by atoms with Crippen LogP contribution in [0.5, 0.6) is 0 Å². The summed E-state index contributed by atoms with van der Waals surface area (Å²) in [5.74, 6) is -1.43. The summed E-state index contributed by atoms with van der Waals surface area (Å²) in [5, 5.41) is 8.89. The van der Waals surface area contributed by atoms with E-state index in [9.17, 15) is 18.0 Å². The molecular formula is C18H19N3O5S. The predicted molar refractivity (Wildman–Crippen MR) is 97.0 cm³/mol. The Kier molecular flexibility index (Phi) is 4.99. The van der Waals surface area contributed by atoms with Crippen molar-refractivity contribution in [1.29, 1.82) is 0 Å². The largest absolute Gasteiger partial charge is 0.477 e. The van der Waals surface area contributed by atoms with Crippen molar-refractivity contribution in [2.75, 3.05) is 20.6 Å². The van der Waals surface area contributed by atoms with Crippen molar-refractivity contribution in [3.05, 3.63) is 58.9 Å². The molecule has 0 fully saturated rings. The summed E-state index contributed by atoms with van der Waals surface area (Å²) in [6.45, 7) is 0.651. The molecule has 1 N–H and O–H groups in total. The van der Waals surface area contributed by atoms with Gasteiger partial charge in [0.1, 0.15) is 5.69 Å². The number of carboxylic acids is 1. The van der Waals surface area contributed by atoms with Crippen LogP contribution in [0.1, 0.15) is 32.0 Å². The molecule has 27 heavy (non-hydrogen) atoms. The number of hydrogen-bond donors (Lipinski definition) is 1. The Balaban J connectivity index is 1.87. The fourth-order valence-electron chi connectivity index (χ4n) is 3.02. The Hall–Kier alpha value is -2.78. The van der Waals surface area contributed by atoms with Gasteiger partial charge in [0.05, 0.1) is 10.5 Å². The van der Waals surface area contributed by atoms with Crippen molar-refractivity contribution in [1.82, 2.24) is 14.2 Å². The van der Waals surface area contributed by atoms with Crippen molar-refractivity contribution in [2.45, 2.75) is 17.9 Å². The van der Waals surface area contributed by atoms with Gasteiger partial charge in [0.2, 0.25) is 10.0 Å². The molecule has 1 aromatic carbocycles. The number of aromatic nitrogens is 1. The molecule has 0 saturated carbocycles. The van der Waals surface area contributed by atoms with Gasteiger partial charge in [-0.3, -0.25) is 4.79 Å². The Morgan fingerprint density at radius 3 is 2.52 bits per heavy atom. The second kappa shape index (κ2) is 7.09. The predicted octanol–water partition coefficient (Wildman–Crippen LogP) is 1.23. The van der Waals surface area contributed by atoms with Gasteiger partial charge in [-0.2, -0.15) is 0 Å². The SMILES string of the molecule is CN(C)S(=O)(=O)c1cccc2c1CCN(C(=O)c1ccc(C(=O)O)nc1)C2. The third-order valence-electron chi connectivity index (χ3n) is 4.50. The summed E-state index contributed by atoms with van der Waals surface area (Å²) in [4.78, 5) is 29.2. The van der Waals surface area contributed by atoms with Crippen molar-refractivity contribution >= 4 is 21.9 Å². The maximum atomic E-state index is 12.7. The number of carbonyl (C=O) groups is 2. The normalized spacial score (nSPS) is 14.1. The lowest BCUT2D eigenvalue weighted by molar-refractivity contribution is 0.0685. The van der Waals surface area contributed by atoms with Crippen LogP contribution in [0.4, 0.5) is 0 Å². The van der Waals surface area contributed by atoms with Crippen LogP contribution in [0.25, 0.3) is 0 Å². The van der Waals surface area contributed by atoms with Gasteiger partial charge in [0, 0.05) is 33.4 Å². The third kappa shape index (κ3) is 3.56. The molecular weight excluding hydrogens is 370 g/mol. The van der Waals surface area contributed by atoms with E-state index in [-0.39, 0.29) is 23.0 Å². The average molecular weight is 389 g/mol. The van der Waals surface area contributed by atoms with E-state index in [1.807, 2.05) is 6.07 Å². The molecule has 0 saturated heterocycles. The average Bonchev–Trinajstić information content (AvgIpc) is 2.66. The lowest BCUT2D eigenvalue weighted by Crippen LogP contribution is -2.37. The number of rotatable bonds is 4. The Bertz CT molecular complexity index is 1000. The van der Waals surface area contributed by atoms with Gasteiger partial charge in [-0.05, 0) is 35.7 Å². The molecule has 8 nitrogen and oxygen atoms in total. The number of nitrogens with zero attached hydrogens (tertiary/aromatic N) is 3. The minimum absolute atomic E-state index is 0.130. The highest BCUT2D eigenvalue weighted by molar-refractivity contribution is 7.89. The standard InChI is InChI=1S/C18H19N3O5S/c1-20(2)27(25,26)16-5-3-4-13-11-21(9-8-14(13)16)17(22)12-6-7-15(18(23)24)19-10-12/h3-7,10H,8-9,11H2,1-2H3,(H,23,24). The number of hydrogen-bond acceptors (Lipinski definition) is 5. The maximum Gasteiger partial charge on any atom is 0.354 e. The van der Waals surface area contributed by atoms with Crippen LogP contribution in [0.15, 0.2) is 41.4 Å². The van der Waals surface area contributed by atoms with E-state index in [0.29, 0.717) is 18.5 Å². The highest BCUT2D eigenvalue weighted by Gasteiger charge is 2.28. The first-order chi connectivity index (χ1) is 12.7. The number of carboxylic acid groups (broad SMARTS) is 1. The van der Waals surface area contributed by atoms with Crippen molar-refractivity contribution in [3.63, 3.8) is 0 Å². The fourth-order valence-corrected chi connectivity index (χ4v) is 4.20. The van der Waals surface area contributed by atoms with E-state index in [2.05, 4.69) is 4.98 Å². The number of pyridine rings is 1. The van der Waals surface area contributed by atoms with E-state index in [1.54, 1.807) is 17.0 Å². The molecule has 1 aliphatic heterocycles. The van der Waals surface area contributed by atoms with Gasteiger partial charge in [-0.1, -0.05) is 12.1 Å². The Morgan fingerprint density at radius 2 is 1.93 bits per heavy atom. The van der Waals surface area contributed by atoms with Gasteiger partial charge >= 0.3 is 5.97 Å². The first-order valence-electron chi connectivity index (χ1n) is 8.23. The summed E-state index contributed by atoms with van der Waals surface area (Å²) in [5.41, 5.74) is 1.68. The zero-order valence-electron chi connectivity index (χ0n) is 14.9. The van der Waals surface area contributed by atoms with E-state index >= 15 is 0 Å². The van der Waals surface area contributed by atoms with Crippen LogP contribution in [0.2, 0.25) is 0 Å². The van der Waals surface area contributed by atoms with Crippen LogP contribution in [0.3, 0.4) is 0 Å². The quantitative estimate of drug-likeness (QED) is 0.843. The highest BCUT2D eigenvalue weighted by Crippen LogP contribution is 2.28. The molecule has 0 unspecified atom stereocenters. The van der Waals surface area contributed by atoms with Gasteiger partial charge in [-0.15, -0.1) is 0 Å². The molecule has 1 aliphatic rings. The topological polar surface area (TPSA) is 108 Å². The number of benzene rings is 1. The molecule has 142 valence electrons. The highest BCUT2D eigenvalue weighted by atomic mass is 32.2. The second-order valence-electron chi connectivity index (χ2n) is 6.40. The third-order valence-corrected chi connectivity index (χ3v) is 6.40. The molecule has 3 rings (SSSR count). The van der Waals surface area contributed by atoms with Gasteiger partial charge in [-0.25, -0.2) is 22.5 Å². The van der Waals surface area contributed by atoms with E-state index in [1.165, 1.54) is 36.7 Å². The van der Waals surface area contributed by atoms with Crippen LogP contribution in [-0.2, 0) is 23.0 Å². The minimum atomic E-state index is -3.56. The monoisotopic (exact) mass is 389 g/mol. The first kappa shape index (κ1) is 19.0. The molecule has 9 heteroatoms. The lowest BCUT2D eigenvalue weighted by atomic mass is 9.99. The lowest BCUT2D eigenvalue weighted by Gasteiger charge is -2.30. The zero-order valence-corrected chi connectivity index (χ0v) is 15.7. The zero-order chi connectivity index (χ0) is 19.8. The van der Waals surface area contributed by atoms with E-state index < -0.39 is 16.0 Å². The summed E-state index contributed by atoms with van der Waals surface area (Å²) < 4.78 is 26.2. The number of sulfonamides is 1. The molecule has 0 bridgehead atoms. The van der Waals surface area contributed by atoms with Gasteiger partial charge in [0.15, 0.2) is 0 Å². The minimum Gasteiger partial charge on any atom is -0.477 e. The number of fused-ring (bicyclic) bond motifs is 1. The Labute approximate surface area is 157 Å². The fraction of sp³-hybridized carbons (Fsp3) is 0.278. The van der Waals surface area contributed by atoms with E-state index in [0.717, 1.165) is 11.1 Å². The number of carbonyl (C=O) groups excluding carboxylic acids is 1. The van der Waals surface area contributed by atoms with Gasteiger partial charge < -0.3 is 10.0 Å². The number of aromatic carboxylic acids is 1.